The van der Waals surface area contributed by atoms with Gasteiger partial charge in [-0.15, -0.1) is 0 Å². The minimum absolute atomic E-state index is 0.595. The normalized spacial score (nSPS) is 17.7. The molecule has 0 aromatic heterocycles. The van der Waals surface area contributed by atoms with Crippen LogP contribution >= 0.6 is 15.9 Å². The van der Waals surface area contributed by atoms with E-state index in [4.69, 9.17) is 0 Å². The smallest absolute Gasteiger partial charge is 0.0423 e. The van der Waals surface area contributed by atoms with E-state index in [9.17, 15) is 0 Å². The molecule has 1 unspecified atom stereocenters. The molecule has 0 saturated heterocycles. The summed E-state index contributed by atoms with van der Waals surface area (Å²) in [7, 11) is 0. The first kappa shape index (κ1) is 11.2. The zero-order valence-electron chi connectivity index (χ0n) is 9.38. The van der Waals surface area contributed by atoms with Crippen molar-refractivity contribution in [3.63, 3.8) is 0 Å². The Morgan fingerprint density at radius 2 is 1.93 bits per heavy atom. The maximum absolute atomic E-state index is 3.79. The Hall–Kier alpha value is -0.300. The van der Waals surface area contributed by atoms with Gasteiger partial charge in [-0.1, -0.05) is 53.5 Å². The molecular weight excluding hydrogens is 248 g/mol. The molecule has 82 valence electrons. The van der Waals surface area contributed by atoms with E-state index < -0.39 is 0 Å². The van der Waals surface area contributed by atoms with Gasteiger partial charge >= 0.3 is 0 Å². The first-order chi connectivity index (χ1) is 7.31. The third-order valence-electron chi connectivity index (χ3n) is 3.15. The van der Waals surface area contributed by atoms with E-state index in [0.717, 1.165) is 5.92 Å². The molecule has 0 bridgehead atoms. The second-order valence-electron chi connectivity index (χ2n) is 4.58. The second kappa shape index (κ2) is 5.16. The van der Waals surface area contributed by atoms with Crippen molar-refractivity contribution >= 4 is 15.9 Å². The second-order valence-corrected chi connectivity index (χ2v) is 5.57. The molecule has 2 rings (SSSR count). The monoisotopic (exact) mass is 266 g/mol. The number of hydrogen-bond acceptors (Lipinski definition) is 0. The number of alkyl halides is 1. The molecule has 0 heterocycles. The molecule has 1 atom stereocenters. The van der Waals surface area contributed by atoms with Crippen LogP contribution in [-0.2, 0) is 6.42 Å². The fraction of sp³-hybridized carbons (Fsp3) is 0.571. The zero-order chi connectivity index (χ0) is 10.7. The fourth-order valence-electron chi connectivity index (χ4n) is 1.91. The quantitative estimate of drug-likeness (QED) is 0.667. The van der Waals surface area contributed by atoms with Crippen LogP contribution in [0.4, 0.5) is 0 Å². The van der Waals surface area contributed by atoms with Crippen molar-refractivity contribution in [2.24, 2.45) is 5.92 Å². The summed E-state index contributed by atoms with van der Waals surface area (Å²) in [6, 6.07) is 9.18. The van der Waals surface area contributed by atoms with Crippen molar-refractivity contribution in [3.8, 4) is 0 Å². The highest BCUT2D eigenvalue weighted by Crippen LogP contribution is 2.46. The van der Waals surface area contributed by atoms with Crippen molar-refractivity contribution in [1.29, 1.82) is 0 Å². The number of aryl methyl sites for hydroxylation is 1. The van der Waals surface area contributed by atoms with Gasteiger partial charge in [0.15, 0.2) is 0 Å². The van der Waals surface area contributed by atoms with Gasteiger partial charge in [0.05, 0.1) is 0 Å². The molecule has 0 spiro atoms. The van der Waals surface area contributed by atoms with Gasteiger partial charge in [-0.3, -0.25) is 0 Å². The molecule has 1 heteroatoms. The van der Waals surface area contributed by atoms with Gasteiger partial charge in [0.25, 0.3) is 0 Å². The maximum atomic E-state index is 3.79. The van der Waals surface area contributed by atoms with Crippen LogP contribution < -0.4 is 0 Å². The summed E-state index contributed by atoms with van der Waals surface area (Å²) >= 11 is 3.79. The Bertz CT molecular complexity index is 298. The number of hydrogen-bond donors (Lipinski definition) is 0. The Morgan fingerprint density at radius 3 is 2.47 bits per heavy atom. The standard InChI is InChI=1S/C14H19Br/c1-2-3-4-11-5-7-12(8-6-11)14(15)13-9-10-13/h5-8,13-14H,2-4,9-10H2,1H3. The lowest BCUT2D eigenvalue weighted by Crippen LogP contribution is -1.92. The van der Waals surface area contributed by atoms with Crippen LogP contribution in [0.5, 0.6) is 0 Å². The van der Waals surface area contributed by atoms with Crippen molar-refractivity contribution in [2.45, 2.75) is 43.9 Å². The molecule has 1 aromatic carbocycles. The molecule has 1 aromatic rings. The Balaban J connectivity index is 1.96. The SMILES string of the molecule is CCCCc1ccc(C(Br)C2CC2)cc1. The molecule has 0 amide bonds. The molecule has 15 heavy (non-hydrogen) atoms. The summed E-state index contributed by atoms with van der Waals surface area (Å²) < 4.78 is 0. The number of benzene rings is 1. The molecule has 1 fully saturated rings. The van der Waals surface area contributed by atoms with Crippen molar-refractivity contribution in [2.75, 3.05) is 0 Å². The van der Waals surface area contributed by atoms with E-state index in [1.807, 2.05) is 0 Å². The summed E-state index contributed by atoms with van der Waals surface area (Å²) in [6.45, 7) is 2.25. The predicted molar refractivity (Wildman–Crippen MR) is 69.4 cm³/mol. The summed E-state index contributed by atoms with van der Waals surface area (Å²) in [4.78, 5) is 0.595. The van der Waals surface area contributed by atoms with Crippen LogP contribution in [-0.4, -0.2) is 0 Å². The molecule has 0 N–H and O–H groups in total. The van der Waals surface area contributed by atoms with Gasteiger partial charge in [-0.05, 0) is 42.7 Å². The van der Waals surface area contributed by atoms with Crippen molar-refractivity contribution < 1.29 is 0 Å². The van der Waals surface area contributed by atoms with Gasteiger partial charge in [0, 0.05) is 4.83 Å². The Kier molecular flexibility index (Phi) is 3.85. The maximum Gasteiger partial charge on any atom is 0.0423 e. The van der Waals surface area contributed by atoms with Crippen LogP contribution in [0, 0.1) is 5.92 Å². The lowest BCUT2D eigenvalue weighted by atomic mass is 10.0. The van der Waals surface area contributed by atoms with Gasteiger partial charge in [-0.2, -0.15) is 0 Å². The van der Waals surface area contributed by atoms with Gasteiger partial charge in [0.2, 0.25) is 0 Å². The van der Waals surface area contributed by atoms with Gasteiger partial charge < -0.3 is 0 Å². The van der Waals surface area contributed by atoms with Crippen LogP contribution in [0.2, 0.25) is 0 Å². The average molecular weight is 267 g/mol. The number of rotatable bonds is 5. The van der Waals surface area contributed by atoms with E-state index in [1.54, 1.807) is 0 Å². The topological polar surface area (TPSA) is 0 Å². The van der Waals surface area contributed by atoms with Crippen LogP contribution in [0.3, 0.4) is 0 Å². The highest BCUT2D eigenvalue weighted by Gasteiger charge is 2.30. The number of halogens is 1. The Morgan fingerprint density at radius 1 is 1.27 bits per heavy atom. The third-order valence-corrected chi connectivity index (χ3v) is 4.43. The van der Waals surface area contributed by atoms with E-state index >= 15 is 0 Å². The minimum atomic E-state index is 0.595. The molecule has 1 saturated carbocycles. The van der Waals surface area contributed by atoms with Gasteiger partial charge in [-0.25, -0.2) is 0 Å². The third kappa shape index (κ3) is 3.07. The summed E-state index contributed by atoms with van der Waals surface area (Å²) in [5.74, 6) is 0.895. The van der Waals surface area contributed by atoms with Crippen LogP contribution in [0.25, 0.3) is 0 Å². The van der Waals surface area contributed by atoms with E-state index in [1.165, 1.54) is 43.2 Å². The largest absolute Gasteiger partial charge is 0.0836 e. The Labute approximate surface area is 101 Å². The highest BCUT2D eigenvalue weighted by molar-refractivity contribution is 9.09. The molecule has 1 aliphatic carbocycles. The summed E-state index contributed by atoms with van der Waals surface area (Å²) in [5.41, 5.74) is 2.94. The lowest BCUT2D eigenvalue weighted by molar-refractivity contribution is 0.791. The first-order valence-electron chi connectivity index (χ1n) is 6.04. The van der Waals surface area contributed by atoms with Gasteiger partial charge in [0.1, 0.15) is 0 Å². The predicted octanol–water partition coefficient (Wildman–Crippen LogP) is 4.88. The van der Waals surface area contributed by atoms with E-state index in [0.29, 0.717) is 4.83 Å². The van der Waals surface area contributed by atoms with Crippen molar-refractivity contribution in [3.05, 3.63) is 35.4 Å². The minimum Gasteiger partial charge on any atom is -0.0836 e. The molecule has 1 aliphatic rings. The average Bonchev–Trinajstić information content (AvgIpc) is 3.10. The van der Waals surface area contributed by atoms with E-state index in [-0.39, 0.29) is 0 Å². The lowest BCUT2D eigenvalue weighted by Gasteiger charge is -2.09. The van der Waals surface area contributed by atoms with Crippen LogP contribution in [0.15, 0.2) is 24.3 Å². The first-order valence-corrected chi connectivity index (χ1v) is 6.95. The van der Waals surface area contributed by atoms with Crippen LogP contribution in [0.1, 0.15) is 48.6 Å². The highest BCUT2D eigenvalue weighted by atomic mass is 79.9. The molecule has 0 nitrogen and oxygen atoms in total. The molecule has 0 aliphatic heterocycles. The summed E-state index contributed by atoms with van der Waals surface area (Å²) in [5, 5.41) is 0. The molecular formula is C14H19Br. The van der Waals surface area contributed by atoms with Crippen molar-refractivity contribution in [1.82, 2.24) is 0 Å². The zero-order valence-corrected chi connectivity index (χ0v) is 11.0. The molecule has 0 radical (unpaired) electrons. The fourth-order valence-corrected chi connectivity index (χ4v) is 2.74. The van der Waals surface area contributed by atoms with E-state index in [2.05, 4.69) is 47.1 Å². The number of unbranched alkanes of at least 4 members (excludes halogenated alkanes) is 1. The summed E-state index contributed by atoms with van der Waals surface area (Å²) in [6.07, 6.45) is 6.61.